The van der Waals surface area contributed by atoms with Crippen LogP contribution in [0.25, 0.3) is 0 Å². The second-order valence-electron chi connectivity index (χ2n) is 3.91. The maximum atomic E-state index is 11.1. The molecular formula is C13H8BrCl2NO3. The first-order valence-corrected chi connectivity index (χ1v) is 6.96. The number of aryl methyl sites for hydroxylation is 1. The Bertz CT molecular complexity index is 692. The van der Waals surface area contributed by atoms with Crippen molar-refractivity contribution in [2.75, 3.05) is 0 Å². The number of hydrogen-bond acceptors (Lipinski definition) is 3. The minimum atomic E-state index is -1.13. The Labute approximate surface area is 133 Å². The van der Waals surface area contributed by atoms with E-state index in [0.29, 0.717) is 20.2 Å². The summed E-state index contributed by atoms with van der Waals surface area (Å²) in [6.45, 7) is 1.73. The number of pyridine rings is 1. The molecule has 1 aromatic carbocycles. The molecule has 20 heavy (non-hydrogen) atoms. The van der Waals surface area contributed by atoms with Gasteiger partial charge in [0, 0.05) is 16.2 Å². The van der Waals surface area contributed by atoms with E-state index in [1.807, 2.05) is 0 Å². The average molecular weight is 377 g/mol. The molecule has 0 radical (unpaired) electrons. The standard InChI is InChI=1S/C13H8BrCl2NO3/c1-6-2-3-7(13(18)19)12(17-6)20-11-5-9(15)8(14)4-10(11)16/h2-5H,1H3,(H,18,19). The zero-order valence-electron chi connectivity index (χ0n) is 10.2. The molecule has 0 aliphatic heterocycles. The van der Waals surface area contributed by atoms with Crippen LogP contribution in [0.2, 0.25) is 10.0 Å². The van der Waals surface area contributed by atoms with Gasteiger partial charge in [-0.1, -0.05) is 23.2 Å². The van der Waals surface area contributed by atoms with Crippen LogP contribution in [0, 0.1) is 6.92 Å². The lowest BCUT2D eigenvalue weighted by molar-refractivity contribution is 0.0693. The van der Waals surface area contributed by atoms with Crippen LogP contribution in [0.4, 0.5) is 0 Å². The quantitative estimate of drug-likeness (QED) is 0.770. The van der Waals surface area contributed by atoms with Gasteiger partial charge in [-0.05, 0) is 41.1 Å². The van der Waals surface area contributed by atoms with Crippen molar-refractivity contribution in [2.24, 2.45) is 0 Å². The highest BCUT2D eigenvalue weighted by atomic mass is 79.9. The predicted molar refractivity (Wildman–Crippen MR) is 80.2 cm³/mol. The molecule has 2 aromatic rings. The van der Waals surface area contributed by atoms with Gasteiger partial charge >= 0.3 is 5.97 Å². The molecule has 2 rings (SSSR count). The molecule has 104 valence electrons. The number of nitrogens with zero attached hydrogens (tertiary/aromatic N) is 1. The normalized spacial score (nSPS) is 10.4. The topological polar surface area (TPSA) is 59.4 Å². The largest absolute Gasteiger partial charge is 0.477 e. The summed E-state index contributed by atoms with van der Waals surface area (Å²) in [6.07, 6.45) is 0. The van der Waals surface area contributed by atoms with Crippen LogP contribution in [0.1, 0.15) is 16.1 Å². The number of aromatic nitrogens is 1. The lowest BCUT2D eigenvalue weighted by atomic mass is 10.2. The Morgan fingerprint density at radius 3 is 2.65 bits per heavy atom. The number of carboxylic acids is 1. The van der Waals surface area contributed by atoms with Gasteiger partial charge in [0.15, 0.2) is 0 Å². The maximum Gasteiger partial charge on any atom is 0.341 e. The Morgan fingerprint density at radius 2 is 2.00 bits per heavy atom. The van der Waals surface area contributed by atoms with E-state index in [-0.39, 0.29) is 17.2 Å². The van der Waals surface area contributed by atoms with Gasteiger partial charge in [-0.2, -0.15) is 0 Å². The molecule has 0 spiro atoms. The van der Waals surface area contributed by atoms with E-state index < -0.39 is 5.97 Å². The predicted octanol–water partition coefficient (Wildman–Crippen LogP) is 4.95. The summed E-state index contributed by atoms with van der Waals surface area (Å²) in [6, 6.07) is 6.07. The Hall–Kier alpha value is -1.30. The number of hydrogen-bond donors (Lipinski definition) is 1. The number of rotatable bonds is 3. The lowest BCUT2D eigenvalue weighted by Crippen LogP contribution is -2.03. The molecule has 7 heteroatoms. The fraction of sp³-hybridized carbons (Fsp3) is 0.0769. The number of carboxylic acid groups (broad SMARTS) is 1. The van der Waals surface area contributed by atoms with Gasteiger partial charge in [0.25, 0.3) is 0 Å². The van der Waals surface area contributed by atoms with Gasteiger partial charge < -0.3 is 9.84 Å². The molecule has 0 saturated heterocycles. The van der Waals surface area contributed by atoms with Crippen molar-refractivity contribution in [3.05, 3.63) is 50.0 Å². The van der Waals surface area contributed by atoms with Gasteiger partial charge in [-0.25, -0.2) is 9.78 Å². The maximum absolute atomic E-state index is 11.1. The van der Waals surface area contributed by atoms with Crippen LogP contribution < -0.4 is 4.74 Å². The minimum absolute atomic E-state index is 0.0298. The van der Waals surface area contributed by atoms with Crippen LogP contribution in [0.5, 0.6) is 11.6 Å². The SMILES string of the molecule is Cc1ccc(C(=O)O)c(Oc2cc(Cl)c(Br)cc2Cl)n1. The summed E-state index contributed by atoms with van der Waals surface area (Å²) < 4.78 is 6.11. The summed E-state index contributed by atoms with van der Waals surface area (Å²) in [5.41, 5.74) is 0.579. The molecule has 1 N–H and O–H groups in total. The van der Waals surface area contributed by atoms with Crippen molar-refractivity contribution in [1.82, 2.24) is 4.98 Å². The van der Waals surface area contributed by atoms with Crippen LogP contribution >= 0.6 is 39.1 Å². The van der Waals surface area contributed by atoms with Crippen molar-refractivity contribution in [3.63, 3.8) is 0 Å². The van der Waals surface area contributed by atoms with E-state index in [4.69, 9.17) is 33.0 Å². The molecule has 1 heterocycles. The van der Waals surface area contributed by atoms with Crippen LogP contribution in [0.15, 0.2) is 28.7 Å². The number of benzene rings is 1. The second-order valence-corrected chi connectivity index (χ2v) is 5.58. The molecular weight excluding hydrogens is 369 g/mol. The van der Waals surface area contributed by atoms with E-state index in [0.717, 1.165) is 0 Å². The fourth-order valence-electron chi connectivity index (χ4n) is 1.46. The molecule has 0 aliphatic rings. The van der Waals surface area contributed by atoms with E-state index in [1.165, 1.54) is 12.1 Å². The highest BCUT2D eigenvalue weighted by Crippen LogP contribution is 2.36. The number of ether oxygens (including phenoxy) is 1. The Morgan fingerprint density at radius 1 is 1.30 bits per heavy atom. The molecule has 1 aromatic heterocycles. The van der Waals surface area contributed by atoms with E-state index in [1.54, 1.807) is 19.1 Å². The molecule has 0 unspecified atom stereocenters. The van der Waals surface area contributed by atoms with Gasteiger partial charge in [0.1, 0.15) is 11.3 Å². The van der Waals surface area contributed by atoms with E-state index in [2.05, 4.69) is 20.9 Å². The van der Waals surface area contributed by atoms with Crippen molar-refractivity contribution < 1.29 is 14.6 Å². The third kappa shape index (κ3) is 3.23. The first kappa shape index (κ1) is 15.1. The van der Waals surface area contributed by atoms with Gasteiger partial charge in [-0.3, -0.25) is 0 Å². The van der Waals surface area contributed by atoms with E-state index in [9.17, 15) is 4.79 Å². The zero-order valence-corrected chi connectivity index (χ0v) is 13.3. The minimum Gasteiger partial charge on any atom is -0.477 e. The summed E-state index contributed by atoms with van der Waals surface area (Å²) in [7, 11) is 0. The van der Waals surface area contributed by atoms with Crippen molar-refractivity contribution >= 4 is 45.1 Å². The third-order valence-electron chi connectivity index (χ3n) is 2.41. The van der Waals surface area contributed by atoms with Gasteiger partial charge in [0.05, 0.1) is 10.0 Å². The number of carbonyl (C=O) groups is 1. The fourth-order valence-corrected chi connectivity index (χ4v) is 2.29. The zero-order chi connectivity index (χ0) is 14.9. The molecule has 0 amide bonds. The third-order valence-corrected chi connectivity index (χ3v) is 3.90. The summed E-state index contributed by atoms with van der Waals surface area (Å²) in [5, 5.41) is 9.81. The second kappa shape index (κ2) is 5.99. The molecule has 0 bridgehead atoms. The Balaban J connectivity index is 2.47. The lowest BCUT2D eigenvalue weighted by Gasteiger charge is -2.10. The highest BCUT2D eigenvalue weighted by molar-refractivity contribution is 9.10. The molecule has 0 aliphatic carbocycles. The monoisotopic (exact) mass is 375 g/mol. The van der Waals surface area contributed by atoms with Crippen molar-refractivity contribution in [2.45, 2.75) is 6.92 Å². The Kier molecular flexibility index (Phi) is 4.52. The first-order chi connectivity index (χ1) is 9.38. The molecule has 4 nitrogen and oxygen atoms in total. The van der Waals surface area contributed by atoms with Crippen LogP contribution in [0.3, 0.4) is 0 Å². The van der Waals surface area contributed by atoms with Crippen molar-refractivity contribution in [1.29, 1.82) is 0 Å². The van der Waals surface area contributed by atoms with Crippen molar-refractivity contribution in [3.8, 4) is 11.6 Å². The molecule has 0 saturated carbocycles. The average Bonchev–Trinajstić information content (AvgIpc) is 2.35. The highest BCUT2D eigenvalue weighted by Gasteiger charge is 2.16. The molecule has 0 atom stereocenters. The smallest absolute Gasteiger partial charge is 0.341 e. The van der Waals surface area contributed by atoms with Gasteiger partial charge in [0.2, 0.25) is 5.88 Å². The summed E-state index contributed by atoms with van der Waals surface area (Å²) in [4.78, 5) is 15.2. The van der Waals surface area contributed by atoms with Crippen LogP contribution in [-0.2, 0) is 0 Å². The van der Waals surface area contributed by atoms with Crippen LogP contribution in [-0.4, -0.2) is 16.1 Å². The van der Waals surface area contributed by atoms with Gasteiger partial charge in [-0.15, -0.1) is 0 Å². The molecule has 0 fully saturated rings. The van der Waals surface area contributed by atoms with E-state index >= 15 is 0 Å². The number of halogens is 3. The summed E-state index contributed by atoms with van der Waals surface area (Å²) >= 11 is 15.2. The first-order valence-electron chi connectivity index (χ1n) is 5.42. The number of aromatic carboxylic acids is 1. The summed E-state index contributed by atoms with van der Waals surface area (Å²) in [5.74, 6) is -0.926.